The van der Waals surface area contributed by atoms with Crippen molar-refractivity contribution in [2.24, 2.45) is 5.10 Å². The van der Waals surface area contributed by atoms with Gasteiger partial charge in [0.25, 0.3) is 5.91 Å². The van der Waals surface area contributed by atoms with E-state index >= 15 is 0 Å². The van der Waals surface area contributed by atoms with Crippen molar-refractivity contribution in [1.82, 2.24) is 5.43 Å². The summed E-state index contributed by atoms with van der Waals surface area (Å²) in [6.07, 6.45) is 2.48. The number of carbonyl (C=O) groups excluding carboxylic acids is 1. The average molecular weight is 550 g/mol. The van der Waals surface area contributed by atoms with E-state index in [9.17, 15) is 9.90 Å². The minimum absolute atomic E-state index is 0.253. The van der Waals surface area contributed by atoms with Crippen LogP contribution in [0, 0.1) is 7.14 Å². The van der Waals surface area contributed by atoms with Gasteiger partial charge in [-0.15, -0.1) is 0 Å². The molecule has 2 aromatic rings. The molecule has 0 saturated heterocycles. The molecule has 24 heavy (non-hydrogen) atoms. The average Bonchev–Trinajstić information content (AvgIpc) is 2.58. The molecule has 2 rings (SSSR count). The van der Waals surface area contributed by atoms with Crippen molar-refractivity contribution in [2.75, 3.05) is 6.61 Å². The smallest absolute Gasteiger partial charge is 0.271 e. The number of phenolic OH excluding ortho intramolecular Hbond substituents is 1. The van der Waals surface area contributed by atoms with E-state index in [1.807, 2.05) is 52.1 Å². The Hall–Kier alpha value is -1.36. The Kier molecular flexibility index (Phi) is 7.28. The molecule has 0 unspecified atom stereocenters. The second kappa shape index (κ2) is 9.21. The van der Waals surface area contributed by atoms with Crippen molar-refractivity contribution in [2.45, 2.75) is 13.3 Å². The fourth-order valence-corrected chi connectivity index (χ4v) is 3.63. The number of ether oxygens (including phenoxy) is 1. The number of hydrogen-bond donors (Lipinski definition) is 2. The number of aromatic hydroxyl groups is 1. The highest BCUT2D eigenvalue weighted by atomic mass is 127. The summed E-state index contributed by atoms with van der Waals surface area (Å²) in [5.41, 5.74) is 3.79. The number of halogens is 2. The molecule has 2 N–H and O–H groups in total. The molecule has 0 spiro atoms. The summed E-state index contributed by atoms with van der Waals surface area (Å²) in [6.45, 7) is 2.69. The standard InChI is InChI=1S/C17H16I2N2O3/c1-2-7-24-13-5-3-12(4-6-13)17(23)21-20-10-11-8-14(18)16(22)15(19)9-11/h3-6,8-10,22H,2,7H2,1H3,(H,21,23)/b20-10-. The highest BCUT2D eigenvalue weighted by Gasteiger charge is 2.06. The zero-order valence-corrected chi connectivity index (χ0v) is 17.2. The minimum atomic E-state index is -0.295. The molecule has 7 heteroatoms. The summed E-state index contributed by atoms with van der Waals surface area (Å²) in [7, 11) is 0. The summed E-state index contributed by atoms with van der Waals surface area (Å²) in [5, 5.41) is 13.7. The number of amides is 1. The topological polar surface area (TPSA) is 70.9 Å². The van der Waals surface area contributed by atoms with Crippen molar-refractivity contribution in [3.8, 4) is 11.5 Å². The normalized spacial score (nSPS) is 10.8. The number of carbonyl (C=O) groups is 1. The lowest BCUT2D eigenvalue weighted by molar-refractivity contribution is 0.0955. The molecule has 0 fully saturated rings. The largest absolute Gasteiger partial charge is 0.506 e. The van der Waals surface area contributed by atoms with Crippen LogP contribution >= 0.6 is 45.2 Å². The van der Waals surface area contributed by atoms with Crippen LogP contribution in [0.25, 0.3) is 0 Å². The van der Waals surface area contributed by atoms with Crippen LogP contribution in [0.4, 0.5) is 0 Å². The van der Waals surface area contributed by atoms with Gasteiger partial charge >= 0.3 is 0 Å². The molecule has 0 atom stereocenters. The molecule has 0 aromatic heterocycles. The van der Waals surface area contributed by atoms with Crippen molar-refractivity contribution < 1.29 is 14.6 Å². The fourth-order valence-electron chi connectivity index (χ4n) is 1.81. The van der Waals surface area contributed by atoms with Crippen LogP contribution < -0.4 is 10.2 Å². The molecule has 0 heterocycles. The van der Waals surface area contributed by atoms with Gasteiger partial charge in [0.05, 0.1) is 20.0 Å². The van der Waals surface area contributed by atoms with Crippen molar-refractivity contribution in [1.29, 1.82) is 0 Å². The first kappa shape index (κ1) is 19.0. The van der Waals surface area contributed by atoms with Crippen LogP contribution in [-0.2, 0) is 0 Å². The van der Waals surface area contributed by atoms with E-state index in [0.29, 0.717) is 12.2 Å². The highest BCUT2D eigenvalue weighted by molar-refractivity contribution is 14.1. The summed E-state index contributed by atoms with van der Waals surface area (Å²) in [4.78, 5) is 12.0. The Balaban J connectivity index is 1.97. The third kappa shape index (κ3) is 5.33. The molecule has 0 radical (unpaired) electrons. The van der Waals surface area contributed by atoms with Gasteiger partial charge in [-0.05, 0) is 93.6 Å². The van der Waals surface area contributed by atoms with E-state index in [2.05, 4.69) is 10.5 Å². The number of benzene rings is 2. The molecule has 0 bridgehead atoms. The SMILES string of the molecule is CCCOc1ccc(C(=O)N/N=C\c2cc(I)c(O)c(I)c2)cc1. The van der Waals surface area contributed by atoms with Gasteiger partial charge in [-0.1, -0.05) is 6.92 Å². The molecule has 2 aromatic carbocycles. The first-order valence-electron chi connectivity index (χ1n) is 7.25. The maximum Gasteiger partial charge on any atom is 0.271 e. The number of hydrazone groups is 1. The zero-order valence-electron chi connectivity index (χ0n) is 12.9. The number of phenols is 1. The molecule has 126 valence electrons. The van der Waals surface area contributed by atoms with E-state index in [0.717, 1.165) is 24.9 Å². The van der Waals surface area contributed by atoms with Gasteiger partial charge in [0.2, 0.25) is 0 Å². The Morgan fingerprint density at radius 3 is 2.46 bits per heavy atom. The Morgan fingerprint density at radius 1 is 1.25 bits per heavy atom. The summed E-state index contributed by atoms with van der Waals surface area (Å²) < 4.78 is 6.94. The quantitative estimate of drug-likeness (QED) is 0.323. The highest BCUT2D eigenvalue weighted by Crippen LogP contribution is 2.26. The predicted octanol–water partition coefficient (Wildman–Crippen LogP) is 4.15. The van der Waals surface area contributed by atoms with Gasteiger partial charge in [0.15, 0.2) is 0 Å². The second-order valence-corrected chi connectivity index (χ2v) is 7.23. The first-order chi connectivity index (χ1) is 11.5. The van der Waals surface area contributed by atoms with Crippen LogP contribution in [0.5, 0.6) is 11.5 Å². The molecular weight excluding hydrogens is 534 g/mol. The number of nitrogens with zero attached hydrogens (tertiary/aromatic N) is 1. The van der Waals surface area contributed by atoms with Crippen LogP contribution in [-0.4, -0.2) is 23.8 Å². The third-order valence-electron chi connectivity index (χ3n) is 3.01. The van der Waals surface area contributed by atoms with E-state index in [1.165, 1.54) is 0 Å². The maximum atomic E-state index is 12.0. The lowest BCUT2D eigenvalue weighted by Crippen LogP contribution is -2.17. The van der Waals surface area contributed by atoms with Crippen LogP contribution in [0.1, 0.15) is 29.3 Å². The van der Waals surface area contributed by atoms with Crippen LogP contribution in [0.2, 0.25) is 0 Å². The Bertz CT molecular complexity index is 723. The minimum Gasteiger partial charge on any atom is -0.506 e. The predicted molar refractivity (Wildman–Crippen MR) is 111 cm³/mol. The van der Waals surface area contributed by atoms with Gasteiger partial charge in [-0.3, -0.25) is 4.79 Å². The number of nitrogens with one attached hydrogen (secondary N) is 1. The van der Waals surface area contributed by atoms with Gasteiger partial charge in [-0.2, -0.15) is 5.10 Å². The molecule has 1 amide bonds. The molecule has 5 nitrogen and oxygen atoms in total. The maximum absolute atomic E-state index is 12.0. The molecular formula is C17H16I2N2O3. The molecule has 0 aliphatic rings. The second-order valence-electron chi connectivity index (χ2n) is 4.91. The third-order valence-corrected chi connectivity index (χ3v) is 4.65. The van der Waals surface area contributed by atoms with Crippen LogP contribution in [0.15, 0.2) is 41.5 Å². The summed E-state index contributed by atoms with van der Waals surface area (Å²) in [5.74, 6) is 0.698. The van der Waals surface area contributed by atoms with E-state index in [1.54, 1.807) is 42.6 Å². The van der Waals surface area contributed by atoms with E-state index in [-0.39, 0.29) is 11.7 Å². The first-order valence-corrected chi connectivity index (χ1v) is 9.41. The summed E-state index contributed by atoms with van der Waals surface area (Å²) in [6, 6.07) is 10.5. The van der Waals surface area contributed by atoms with Gasteiger partial charge in [-0.25, -0.2) is 5.43 Å². The van der Waals surface area contributed by atoms with Gasteiger partial charge < -0.3 is 9.84 Å². The monoisotopic (exact) mass is 550 g/mol. The Morgan fingerprint density at radius 2 is 1.88 bits per heavy atom. The van der Waals surface area contributed by atoms with Crippen LogP contribution in [0.3, 0.4) is 0 Å². The van der Waals surface area contributed by atoms with Gasteiger partial charge in [0.1, 0.15) is 11.5 Å². The summed E-state index contributed by atoms with van der Waals surface area (Å²) >= 11 is 4.09. The lowest BCUT2D eigenvalue weighted by atomic mass is 10.2. The van der Waals surface area contributed by atoms with E-state index < -0.39 is 0 Å². The lowest BCUT2D eigenvalue weighted by Gasteiger charge is -2.05. The fraction of sp³-hybridized carbons (Fsp3) is 0.176. The zero-order chi connectivity index (χ0) is 17.5. The molecule has 0 saturated carbocycles. The van der Waals surface area contributed by atoms with Gasteiger partial charge in [0, 0.05) is 5.56 Å². The molecule has 0 aliphatic heterocycles. The van der Waals surface area contributed by atoms with Crippen molar-refractivity contribution in [3.05, 3.63) is 54.7 Å². The van der Waals surface area contributed by atoms with Crippen molar-refractivity contribution >= 4 is 57.3 Å². The van der Waals surface area contributed by atoms with E-state index in [4.69, 9.17) is 4.74 Å². The Labute approximate surface area is 167 Å². The molecule has 0 aliphatic carbocycles. The number of hydrogen-bond acceptors (Lipinski definition) is 4. The number of rotatable bonds is 6. The van der Waals surface area contributed by atoms with Crippen molar-refractivity contribution in [3.63, 3.8) is 0 Å².